The summed E-state index contributed by atoms with van der Waals surface area (Å²) in [5.74, 6) is 0. The van der Waals surface area contributed by atoms with Crippen molar-refractivity contribution >= 4 is 110 Å². The fraction of sp³-hybridized carbons (Fsp3) is 0. The Morgan fingerprint density at radius 2 is 0.783 bits per heavy atom. The summed E-state index contributed by atoms with van der Waals surface area (Å²) in [6.45, 7) is 0. The van der Waals surface area contributed by atoms with E-state index in [2.05, 4.69) is 265 Å². The monoisotopic (exact) mass is 878 g/mol. The molecular formula is C66H42N2O. The van der Waals surface area contributed by atoms with Crippen LogP contribution in [0.15, 0.2) is 259 Å². The van der Waals surface area contributed by atoms with Gasteiger partial charge in [-0.05, 0) is 120 Å². The average Bonchev–Trinajstić information content (AvgIpc) is 3.75. The molecule has 12 aromatic carbocycles. The first-order chi connectivity index (χ1) is 34.3. The third-order valence-corrected chi connectivity index (χ3v) is 14.2. The lowest BCUT2D eigenvalue weighted by atomic mass is 9.93. The van der Waals surface area contributed by atoms with Crippen molar-refractivity contribution in [2.45, 2.75) is 0 Å². The third kappa shape index (κ3) is 6.07. The first-order valence-corrected chi connectivity index (χ1v) is 23.7. The van der Waals surface area contributed by atoms with E-state index < -0.39 is 0 Å². The summed E-state index contributed by atoms with van der Waals surface area (Å²) < 4.78 is 6.97. The summed E-state index contributed by atoms with van der Waals surface area (Å²) in [5, 5.41) is 13.7. The molecule has 0 atom stereocenters. The topological polar surface area (TPSA) is 19.6 Å². The predicted octanol–water partition coefficient (Wildman–Crippen LogP) is 19.1. The van der Waals surface area contributed by atoms with Gasteiger partial charge >= 0.3 is 0 Å². The minimum atomic E-state index is 0.882. The minimum Gasteiger partial charge on any atom is -0.455 e. The molecule has 1 aromatic heterocycles. The fourth-order valence-corrected chi connectivity index (χ4v) is 11.2. The van der Waals surface area contributed by atoms with Gasteiger partial charge in [0.1, 0.15) is 11.2 Å². The van der Waals surface area contributed by atoms with E-state index >= 15 is 0 Å². The second kappa shape index (κ2) is 15.7. The normalized spacial score (nSPS) is 12.0. The largest absolute Gasteiger partial charge is 0.455 e. The minimum absolute atomic E-state index is 0.882. The van der Waals surface area contributed by atoms with Gasteiger partial charge < -0.3 is 14.2 Å². The van der Waals surface area contributed by atoms with Crippen LogP contribution in [0.2, 0.25) is 0 Å². The lowest BCUT2D eigenvalue weighted by molar-refractivity contribution is 0.673. The van der Waals surface area contributed by atoms with Crippen molar-refractivity contribution in [3.05, 3.63) is 255 Å². The molecule has 0 bridgehead atoms. The van der Waals surface area contributed by atoms with Crippen molar-refractivity contribution in [2.75, 3.05) is 9.80 Å². The highest BCUT2D eigenvalue weighted by atomic mass is 16.3. The molecule has 3 heteroatoms. The molecule has 0 saturated heterocycles. The summed E-state index contributed by atoms with van der Waals surface area (Å²) in [7, 11) is 0. The van der Waals surface area contributed by atoms with Crippen LogP contribution in [0.4, 0.5) is 34.1 Å². The van der Waals surface area contributed by atoms with Gasteiger partial charge in [-0.1, -0.05) is 194 Å². The standard InChI is InChI=1S/C66H42N2O/c1-3-20-43(21-4-1)67(62-36-19-34-58-51-29-11-10-27-49(51)54-31-15-17-35-61(54)68(65(58)62)44-22-5-2-6-23-44)45-38-39-53-57-40-41-59-55-32-16-18-37-63(55)69-66(59)64(57)56-33-14-13-28-50(56)47-25-8-7-24-46(47)48-26-9-12-30-52(48)60(53)42-45/h1-42H. The fourth-order valence-electron chi connectivity index (χ4n) is 11.2. The van der Waals surface area contributed by atoms with E-state index in [1.165, 1.54) is 38.2 Å². The van der Waals surface area contributed by atoms with Crippen LogP contribution >= 0.6 is 0 Å². The molecule has 14 rings (SSSR count). The molecule has 1 aliphatic rings. The molecular weight excluding hydrogens is 837 g/mol. The van der Waals surface area contributed by atoms with Gasteiger partial charge in [0.15, 0.2) is 0 Å². The van der Waals surface area contributed by atoms with Crippen molar-refractivity contribution in [3.8, 4) is 22.3 Å². The summed E-state index contributed by atoms with van der Waals surface area (Å²) in [5.41, 5.74) is 13.0. The van der Waals surface area contributed by atoms with E-state index in [9.17, 15) is 0 Å². The molecule has 1 aliphatic heterocycles. The van der Waals surface area contributed by atoms with E-state index in [1.54, 1.807) is 0 Å². The Hall–Kier alpha value is -9.18. The van der Waals surface area contributed by atoms with Crippen LogP contribution in [0.1, 0.15) is 0 Å². The van der Waals surface area contributed by atoms with E-state index in [0.717, 1.165) is 93.9 Å². The molecule has 0 fully saturated rings. The van der Waals surface area contributed by atoms with Gasteiger partial charge in [-0.3, -0.25) is 0 Å². The number of benzene rings is 11. The number of para-hydroxylation sites is 5. The highest BCUT2D eigenvalue weighted by Crippen LogP contribution is 2.56. The number of hydrogen-bond donors (Lipinski definition) is 0. The Labute approximate surface area is 399 Å². The Morgan fingerprint density at radius 3 is 1.49 bits per heavy atom. The van der Waals surface area contributed by atoms with Crippen molar-refractivity contribution in [1.82, 2.24) is 0 Å². The zero-order valence-electron chi connectivity index (χ0n) is 37.6. The molecule has 0 unspecified atom stereocenters. The van der Waals surface area contributed by atoms with E-state index in [1.807, 2.05) is 0 Å². The number of fused-ring (bicyclic) bond motifs is 19. The molecule has 322 valence electrons. The molecule has 13 aromatic rings. The van der Waals surface area contributed by atoms with Crippen LogP contribution in [-0.4, -0.2) is 0 Å². The summed E-state index contributed by atoms with van der Waals surface area (Å²) in [6, 6.07) is 92.9. The number of furan rings is 1. The maximum atomic E-state index is 6.97. The molecule has 0 radical (unpaired) electrons. The van der Waals surface area contributed by atoms with Crippen molar-refractivity contribution < 1.29 is 4.42 Å². The van der Waals surface area contributed by atoms with Gasteiger partial charge in [-0.25, -0.2) is 0 Å². The van der Waals surface area contributed by atoms with Gasteiger partial charge in [0.25, 0.3) is 0 Å². The van der Waals surface area contributed by atoms with Crippen molar-refractivity contribution in [3.63, 3.8) is 0 Å². The molecule has 0 amide bonds. The number of nitrogens with zero attached hydrogens (tertiary/aromatic N) is 2. The second-order valence-electron chi connectivity index (χ2n) is 17.9. The molecule has 0 aliphatic carbocycles. The van der Waals surface area contributed by atoms with E-state index in [-0.39, 0.29) is 0 Å². The first-order valence-electron chi connectivity index (χ1n) is 23.7. The average molecular weight is 879 g/mol. The molecule has 69 heavy (non-hydrogen) atoms. The van der Waals surface area contributed by atoms with E-state index in [4.69, 9.17) is 4.42 Å². The number of anilines is 6. The summed E-state index contributed by atoms with van der Waals surface area (Å²) in [4.78, 5) is 4.93. The Bertz CT molecular complexity index is 4270. The molecule has 3 nitrogen and oxygen atoms in total. The second-order valence-corrected chi connectivity index (χ2v) is 17.9. The van der Waals surface area contributed by atoms with Crippen LogP contribution in [-0.2, 0) is 0 Å². The van der Waals surface area contributed by atoms with Crippen LogP contribution in [0.3, 0.4) is 0 Å². The zero-order valence-corrected chi connectivity index (χ0v) is 37.6. The molecule has 2 heterocycles. The maximum absolute atomic E-state index is 6.97. The first kappa shape index (κ1) is 39.0. The van der Waals surface area contributed by atoms with Gasteiger partial charge in [0.05, 0.1) is 17.1 Å². The smallest absolute Gasteiger partial charge is 0.143 e. The highest BCUT2D eigenvalue weighted by Gasteiger charge is 2.31. The molecule has 0 N–H and O–H groups in total. The van der Waals surface area contributed by atoms with Crippen LogP contribution in [0, 0.1) is 0 Å². The van der Waals surface area contributed by atoms with Crippen LogP contribution in [0.5, 0.6) is 0 Å². The van der Waals surface area contributed by atoms with E-state index in [0.29, 0.717) is 0 Å². The Balaban J connectivity index is 1.16. The quantitative estimate of drug-likeness (QED) is 0.176. The Morgan fingerprint density at radius 1 is 0.304 bits per heavy atom. The van der Waals surface area contributed by atoms with Crippen molar-refractivity contribution in [2.24, 2.45) is 0 Å². The van der Waals surface area contributed by atoms with Crippen LogP contribution in [0.25, 0.3) is 98.1 Å². The summed E-state index contributed by atoms with van der Waals surface area (Å²) >= 11 is 0. The lowest BCUT2D eigenvalue weighted by Crippen LogP contribution is -2.17. The predicted molar refractivity (Wildman–Crippen MR) is 293 cm³/mol. The third-order valence-electron chi connectivity index (χ3n) is 14.2. The number of hydrogen-bond acceptors (Lipinski definition) is 3. The van der Waals surface area contributed by atoms with Crippen LogP contribution < -0.4 is 9.80 Å². The molecule has 0 spiro atoms. The van der Waals surface area contributed by atoms with Gasteiger partial charge in [0.2, 0.25) is 0 Å². The SMILES string of the molecule is c1ccc(N(c2ccc3c(c2)c2ccccc2c2ccccc2c2ccccc2c2c3ccc3c4ccccc4oc32)c2cccc3c2N(c2ccccc2)c2ccccc2-c2ccccc2-3)cc1. The lowest BCUT2D eigenvalue weighted by Gasteiger charge is -2.34. The van der Waals surface area contributed by atoms with Gasteiger partial charge in [-0.15, -0.1) is 0 Å². The molecule has 0 saturated carbocycles. The highest BCUT2D eigenvalue weighted by molar-refractivity contribution is 6.31. The van der Waals surface area contributed by atoms with Gasteiger partial charge in [0, 0.05) is 44.3 Å². The number of rotatable bonds is 4. The van der Waals surface area contributed by atoms with Gasteiger partial charge in [-0.2, -0.15) is 0 Å². The zero-order chi connectivity index (χ0) is 45.4. The Kier molecular flexibility index (Phi) is 8.90. The maximum Gasteiger partial charge on any atom is 0.143 e. The summed E-state index contributed by atoms with van der Waals surface area (Å²) in [6.07, 6.45) is 0. The van der Waals surface area contributed by atoms with Crippen molar-refractivity contribution in [1.29, 1.82) is 0 Å².